The fraction of sp³-hybridized carbons (Fsp3) is 0.350. The smallest absolute Gasteiger partial charge is 0.255 e. The first kappa shape index (κ1) is 19.2. The van der Waals surface area contributed by atoms with E-state index in [0.717, 1.165) is 16.6 Å². The molecule has 142 valence electrons. The van der Waals surface area contributed by atoms with Crippen LogP contribution in [0.15, 0.2) is 30.5 Å². The van der Waals surface area contributed by atoms with E-state index in [9.17, 15) is 4.79 Å². The van der Waals surface area contributed by atoms with Crippen LogP contribution >= 0.6 is 11.6 Å². The van der Waals surface area contributed by atoms with Crippen LogP contribution in [0.25, 0.3) is 11.0 Å². The summed E-state index contributed by atoms with van der Waals surface area (Å²) in [4.78, 5) is 19.3. The van der Waals surface area contributed by atoms with Crippen LogP contribution in [0, 0.1) is 6.92 Å². The van der Waals surface area contributed by atoms with E-state index in [4.69, 9.17) is 16.3 Å². The van der Waals surface area contributed by atoms with Gasteiger partial charge in [0, 0.05) is 35.6 Å². The average molecular weight is 387 g/mol. The largest absolute Gasteiger partial charge is 0.496 e. The van der Waals surface area contributed by atoms with Crippen molar-refractivity contribution in [1.29, 1.82) is 0 Å². The summed E-state index contributed by atoms with van der Waals surface area (Å²) in [5.41, 5.74) is 2.88. The zero-order valence-electron chi connectivity index (χ0n) is 16.2. The minimum absolute atomic E-state index is 0.110. The first-order valence-corrected chi connectivity index (χ1v) is 9.12. The Hall–Kier alpha value is -2.60. The Morgan fingerprint density at radius 3 is 2.74 bits per heavy atom. The summed E-state index contributed by atoms with van der Waals surface area (Å²) in [6.45, 7) is 6.33. The van der Waals surface area contributed by atoms with E-state index in [2.05, 4.69) is 23.9 Å². The third kappa shape index (κ3) is 3.76. The second-order valence-electron chi connectivity index (χ2n) is 6.83. The molecule has 27 heavy (non-hydrogen) atoms. The van der Waals surface area contributed by atoms with E-state index < -0.39 is 0 Å². The van der Waals surface area contributed by atoms with Crippen LogP contribution in [0.3, 0.4) is 0 Å². The summed E-state index contributed by atoms with van der Waals surface area (Å²) in [6, 6.07) is 7.44. The molecule has 0 fully saturated rings. The van der Waals surface area contributed by atoms with Crippen LogP contribution in [0.2, 0.25) is 5.02 Å². The molecule has 3 rings (SSSR count). The number of amides is 1. The van der Waals surface area contributed by atoms with Crippen molar-refractivity contribution in [3.8, 4) is 5.75 Å². The van der Waals surface area contributed by atoms with Gasteiger partial charge in [0.05, 0.1) is 24.6 Å². The van der Waals surface area contributed by atoms with Crippen molar-refractivity contribution in [1.82, 2.24) is 19.7 Å². The van der Waals surface area contributed by atoms with Crippen LogP contribution in [-0.2, 0) is 6.54 Å². The third-order valence-corrected chi connectivity index (χ3v) is 4.71. The Morgan fingerprint density at radius 2 is 2.07 bits per heavy atom. The maximum absolute atomic E-state index is 13.0. The van der Waals surface area contributed by atoms with Crippen molar-refractivity contribution < 1.29 is 9.53 Å². The number of carbonyl (C=O) groups is 1. The standard InChI is InChI=1S/C20H23ClN4O2/c1-12(2)25-19-14(10-22-25)9-17(13(3)23-19)20(26)24(4)11-15-8-16(21)6-7-18(15)27-5/h6-10,12H,11H2,1-5H3. The van der Waals surface area contributed by atoms with Crippen molar-refractivity contribution in [3.63, 3.8) is 0 Å². The molecule has 6 nitrogen and oxygen atoms in total. The second-order valence-corrected chi connectivity index (χ2v) is 7.27. The lowest BCUT2D eigenvalue weighted by atomic mass is 10.1. The third-order valence-electron chi connectivity index (χ3n) is 4.48. The molecule has 1 aromatic carbocycles. The minimum atomic E-state index is -0.110. The van der Waals surface area contributed by atoms with Crippen molar-refractivity contribution in [2.45, 2.75) is 33.4 Å². The van der Waals surface area contributed by atoms with Gasteiger partial charge in [0.25, 0.3) is 5.91 Å². The lowest BCUT2D eigenvalue weighted by molar-refractivity contribution is 0.0783. The lowest BCUT2D eigenvalue weighted by Gasteiger charge is -2.20. The zero-order chi connectivity index (χ0) is 19.7. The van der Waals surface area contributed by atoms with Gasteiger partial charge in [0.1, 0.15) is 5.75 Å². The molecule has 0 aliphatic heterocycles. The summed E-state index contributed by atoms with van der Waals surface area (Å²) in [5.74, 6) is 0.587. The topological polar surface area (TPSA) is 60.2 Å². The van der Waals surface area contributed by atoms with E-state index >= 15 is 0 Å². The zero-order valence-corrected chi connectivity index (χ0v) is 16.9. The molecule has 0 atom stereocenters. The molecule has 0 unspecified atom stereocenters. The van der Waals surface area contributed by atoms with E-state index in [1.165, 1.54) is 0 Å². The number of nitrogens with zero attached hydrogens (tertiary/aromatic N) is 4. The molecule has 2 aromatic heterocycles. The summed E-state index contributed by atoms with van der Waals surface area (Å²) in [6.07, 6.45) is 1.75. The van der Waals surface area contributed by atoms with Crippen molar-refractivity contribution in [2.24, 2.45) is 0 Å². The molecule has 0 spiro atoms. The molecule has 0 saturated heterocycles. The van der Waals surface area contributed by atoms with E-state index in [1.54, 1.807) is 37.4 Å². The maximum atomic E-state index is 13.0. The van der Waals surface area contributed by atoms with Crippen molar-refractivity contribution in [3.05, 3.63) is 52.3 Å². The number of ether oxygens (including phenoxy) is 1. The van der Waals surface area contributed by atoms with Gasteiger partial charge in [-0.2, -0.15) is 5.10 Å². The SMILES string of the molecule is COc1ccc(Cl)cc1CN(C)C(=O)c1cc2cnn(C(C)C)c2nc1C. The first-order chi connectivity index (χ1) is 12.8. The van der Waals surface area contributed by atoms with Crippen LogP contribution in [-0.4, -0.2) is 39.7 Å². The van der Waals surface area contributed by atoms with Crippen LogP contribution in [0.5, 0.6) is 5.75 Å². The monoisotopic (exact) mass is 386 g/mol. The number of aromatic nitrogens is 3. The predicted molar refractivity (Wildman–Crippen MR) is 106 cm³/mol. The molecule has 7 heteroatoms. The second kappa shape index (κ2) is 7.56. The summed E-state index contributed by atoms with van der Waals surface area (Å²) >= 11 is 6.09. The molecule has 3 aromatic rings. The Bertz CT molecular complexity index is 997. The van der Waals surface area contributed by atoms with Crippen LogP contribution in [0.4, 0.5) is 0 Å². The maximum Gasteiger partial charge on any atom is 0.255 e. The number of hydrogen-bond donors (Lipinski definition) is 0. The molecular weight excluding hydrogens is 364 g/mol. The fourth-order valence-electron chi connectivity index (χ4n) is 3.06. The number of benzene rings is 1. The summed E-state index contributed by atoms with van der Waals surface area (Å²) in [7, 11) is 3.35. The minimum Gasteiger partial charge on any atom is -0.496 e. The molecule has 0 saturated carbocycles. The first-order valence-electron chi connectivity index (χ1n) is 8.74. The molecule has 0 radical (unpaired) electrons. The highest BCUT2D eigenvalue weighted by molar-refractivity contribution is 6.30. The number of rotatable bonds is 5. The fourth-order valence-corrected chi connectivity index (χ4v) is 3.26. The van der Waals surface area contributed by atoms with Gasteiger partial charge in [-0.3, -0.25) is 4.79 Å². The number of fused-ring (bicyclic) bond motifs is 1. The average Bonchev–Trinajstić information content (AvgIpc) is 3.03. The van der Waals surface area contributed by atoms with E-state index in [0.29, 0.717) is 28.6 Å². The molecule has 0 aliphatic carbocycles. The molecule has 0 aliphatic rings. The Morgan fingerprint density at radius 1 is 1.33 bits per heavy atom. The number of halogens is 1. The van der Waals surface area contributed by atoms with Gasteiger partial charge in [-0.05, 0) is 45.0 Å². The van der Waals surface area contributed by atoms with E-state index in [-0.39, 0.29) is 11.9 Å². The van der Waals surface area contributed by atoms with Gasteiger partial charge in [-0.1, -0.05) is 11.6 Å². The molecule has 1 amide bonds. The molecule has 2 heterocycles. The molecule has 0 N–H and O–H groups in total. The number of methoxy groups -OCH3 is 1. The van der Waals surface area contributed by atoms with Gasteiger partial charge in [0.15, 0.2) is 5.65 Å². The number of aryl methyl sites for hydroxylation is 1. The molecule has 0 bridgehead atoms. The number of pyridine rings is 1. The van der Waals surface area contributed by atoms with Crippen molar-refractivity contribution >= 4 is 28.5 Å². The van der Waals surface area contributed by atoms with E-state index in [1.807, 2.05) is 23.7 Å². The Balaban J connectivity index is 1.91. The molecular formula is C20H23ClN4O2. The summed E-state index contributed by atoms with van der Waals surface area (Å²) in [5, 5.41) is 5.84. The van der Waals surface area contributed by atoms with Gasteiger partial charge < -0.3 is 9.64 Å². The number of hydrogen-bond acceptors (Lipinski definition) is 4. The van der Waals surface area contributed by atoms with Gasteiger partial charge >= 0.3 is 0 Å². The van der Waals surface area contributed by atoms with Gasteiger partial charge in [0.2, 0.25) is 0 Å². The Labute approximate surface area is 163 Å². The van der Waals surface area contributed by atoms with Gasteiger partial charge in [-0.25, -0.2) is 9.67 Å². The van der Waals surface area contributed by atoms with Crippen LogP contribution < -0.4 is 4.74 Å². The summed E-state index contributed by atoms with van der Waals surface area (Å²) < 4.78 is 7.23. The highest BCUT2D eigenvalue weighted by Crippen LogP contribution is 2.25. The van der Waals surface area contributed by atoms with Crippen LogP contribution in [0.1, 0.15) is 41.5 Å². The lowest BCUT2D eigenvalue weighted by Crippen LogP contribution is -2.27. The highest BCUT2D eigenvalue weighted by atomic mass is 35.5. The normalized spacial score (nSPS) is 11.2. The highest BCUT2D eigenvalue weighted by Gasteiger charge is 2.19. The Kier molecular flexibility index (Phi) is 5.37. The van der Waals surface area contributed by atoms with Gasteiger partial charge in [-0.15, -0.1) is 0 Å². The quantitative estimate of drug-likeness (QED) is 0.657. The van der Waals surface area contributed by atoms with Crippen molar-refractivity contribution in [2.75, 3.05) is 14.2 Å². The number of carbonyl (C=O) groups excluding carboxylic acids is 1. The predicted octanol–water partition coefficient (Wildman–Crippen LogP) is 4.25.